The van der Waals surface area contributed by atoms with Crippen molar-refractivity contribution >= 4 is 5.69 Å². The second kappa shape index (κ2) is 5.61. The molecule has 0 aliphatic rings. The lowest BCUT2D eigenvalue weighted by Crippen LogP contribution is -2.19. The molecule has 1 atom stereocenters. The quantitative estimate of drug-likeness (QED) is 0.615. The fraction of sp³-hybridized carbons (Fsp3) is 0.500. The maximum Gasteiger partial charge on any atom is 0.272 e. The summed E-state index contributed by atoms with van der Waals surface area (Å²) in [4.78, 5) is 10.4. The molecule has 0 fully saturated rings. The van der Waals surface area contributed by atoms with Gasteiger partial charge in [0.2, 0.25) is 0 Å². The lowest BCUT2D eigenvalue weighted by atomic mass is 9.99. The van der Waals surface area contributed by atoms with E-state index in [0.29, 0.717) is 0 Å². The van der Waals surface area contributed by atoms with Gasteiger partial charge in [-0.25, -0.2) is 0 Å². The van der Waals surface area contributed by atoms with Crippen LogP contribution in [-0.4, -0.2) is 11.0 Å². The Morgan fingerprint density at radius 1 is 1.50 bits per heavy atom. The van der Waals surface area contributed by atoms with Crippen molar-refractivity contribution < 1.29 is 4.92 Å². The average molecular weight is 222 g/mol. The highest BCUT2D eigenvalue weighted by Gasteiger charge is 2.13. The molecule has 1 aromatic rings. The zero-order valence-electron chi connectivity index (χ0n) is 9.77. The van der Waals surface area contributed by atoms with E-state index >= 15 is 0 Å². The van der Waals surface area contributed by atoms with Crippen LogP contribution in [0.5, 0.6) is 0 Å². The Morgan fingerprint density at radius 3 is 2.75 bits per heavy atom. The maximum absolute atomic E-state index is 10.7. The number of nitro benzene ring substituents is 1. The van der Waals surface area contributed by atoms with Crippen molar-refractivity contribution in [2.24, 2.45) is 5.73 Å². The Labute approximate surface area is 95.6 Å². The first-order valence-corrected chi connectivity index (χ1v) is 5.54. The molecule has 0 radical (unpaired) electrons. The maximum atomic E-state index is 10.7. The molecular weight excluding hydrogens is 204 g/mol. The van der Waals surface area contributed by atoms with Crippen LogP contribution in [0.3, 0.4) is 0 Å². The Morgan fingerprint density at radius 2 is 2.19 bits per heavy atom. The number of nitrogens with two attached hydrogens (primary N) is 1. The molecule has 2 N–H and O–H groups in total. The lowest BCUT2D eigenvalue weighted by molar-refractivity contribution is -0.385. The molecule has 4 nitrogen and oxygen atoms in total. The summed E-state index contributed by atoms with van der Waals surface area (Å²) in [5, 5.41) is 10.7. The molecule has 88 valence electrons. The summed E-state index contributed by atoms with van der Waals surface area (Å²) < 4.78 is 0. The molecule has 0 amide bonds. The third-order valence-corrected chi connectivity index (χ3v) is 2.92. The highest BCUT2D eigenvalue weighted by molar-refractivity contribution is 5.44. The zero-order valence-corrected chi connectivity index (χ0v) is 9.77. The van der Waals surface area contributed by atoms with Crippen molar-refractivity contribution in [3.63, 3.8) is 0 Å². The largest absolute Gasteiger partial charge is 0.328 e. The van der Waals surface area contributed by atoms with Crippen molar-refractivity contribution in [2.75, 3.05) is 0 Å². The van der Waals surface area contributed by atoms with Gasteiger partial charge in [0.25, 0.3) is 5.69 Å². The molecule has 0 aliphatic carbocycles. The monoisotopic (exact) mass is 222 g/mol. The molecule has 0 saturated carbocycles. The van der Waals surface area contributed by atoms with E-state index < -0.39 is 0 Å². The minimum atomic E-state index is -0.335. The Hall–Kier alpha value is -1.42. The molecular formula is C12H18N2O2. The zero-order chi connectivity index (χ0) is 12.1. The minimum absolute atomic E-state index is 0.179. The minimum Gasteiger partial charge on any atom is -0.328 e. The normalized spacial score (nSPS) is 12.4. The summed E-state index contributed by atoms with van der Waals surface area (Å²) in [7, 11) is 0. The second-order valence-corrected chi connectivity index (χ2v) is 4.03. The first-order chi connectivity index (χ1) is 7.56. The topological polar surface area (TPSA) is 69.2 Å². The second-order valence-electron chi connectivity index (χ2n) is 4.03. The van der Waals surface area contributed by atoms with Gasteiger partial charge in [0, 0.05) is 17.7 Å². The van der Waals surface area contributed by atoms with E-state index in [1.54, 1.807) is 19.1 Å². The van der Waals surface area contributed by atoms with E-state index in [1.165, 1.54) is 0 Å². The Kier molecular flexibility index (Phi) is 4.43. The van der Waals surface area contributed by atoms with E-state index in [4.69, 9.17) is 5.73 Å². The highest BCUT2D eigenvalue weighted by atomic mass is 16.6. The van der Waals surface area contributed by atoms with Crippen LogP contribution in [0.1, 0.15) is 30.9 Å². The highest BCUT2D eigenvalue weighted by Crippen LogP contribution is 2.22. The first-order valence-electron chi connectivity index (χ1n) is 5.54. The summed E-state index contributed by atoms with van der Waals surface area (Å²) in [5.74, 6) is 0. The molecule has 4 heteroatoms. The van der Waals surface area contributed by atoms with Crippen molar-refractivity contribution in [1.82, 2.24) is 0 Å². The van der Waals surface area contributed by atoms with Crippen molar-refractivity contribution in [1.29, 1.82) is 0 Å². The first kappa shape index (κ1) is 12.6. The van der Waals surface area contributed by atoms with Crippen LogP contribution in [0.25, 0.3) is 0 Å². The SMILES string of the molecule is CCC(N)CCc1cccc([N+](=O)[O-])c1C. The third-order valence-electron chi connectivity index (χ3n) is 2.92. The van der Waals surface area contributed by atoms with Crippen molar-refractivity contribution in [2.45, 2.75) is 39.2 Å². The van der Waals surface area contributed by atoms with E-state index in [-0.39, 0.29) is 16.7 Å². The fourth-order valence-electron chi connectivity index (χ4n) is 1.68. The van der Waals surface area contributed by atoms with E-state index in [1.807, 2.05) is 13.0 Å². The summed E-state index contributed by atoms with van der Waals surface area (Å²) in [6.07, 6.45) is 2.62. The van der Waals surface area contributed by atoms with E-state index in [0.717, 1.165) is 30.4 Å². The summed E-state index contributed by atoms with van der Waals surface area (Å²) >= 11 is 0. The summed E-state index contributed by atoms with van der Waals surface area (Å²) in [5.41, 5.74) is 7.82. The van der Waals surface area contributed by atoms with Gasteiger partial charge < -0.3 is 5.73 Å². The molecule has 0 aliphatic heterocycles. The number of benzene rings is 1. The van der Waals surface area contributed by atoms with E-state index in [2.05, 4.69) is 0 Å². The van der Waals surface area contributed by atoms with Crippen LogP contribution in [0.4, 0.5) is 5.69 Å². The van der Waals surface area contributed by atoms with Gasteiger partial charge in [0.15, 0.2) is 0 Å². The lowest BCUT2D eigenvalue weighted by Gasteiger charge is -2.10. The predicted octanol–water partition coefficient (Wildman–Crippen LogP) is 2.57. The van der Waals surface area contributed by atoms with Gasteiger partial charge in [-0.15, -0.1) is 0 Å². The van der Waals surface area contributed by atoms with Crippen molar-refractivity contribution in [3.8, 4) is 0 Å². The van der Waals surface area contributed by atoms with Gasteiger partial charge in [-0.1, -0.05) is 19.1 Å². The molecule has 0 heterocycles. The summed E-state index contributed by atoms with van der Waals surface area (Å²) in [6.45, 7) is 3.84. The summed E-state index contributed by atoms with van der Waals surface area (Å²) in [6, 6.07) is 5.39. The molecule has 0 aromatic heterocycles. The van der Waals surface area contributed by atoms with Gasteiger partial charge in [-0.3, -0.25) is 10.1 Å². The molecule has 16 heavy (non-hydrogen) atoms. The van der Waals surface area contributed by atoms with Crippen LogP contribution in [0.15, 0.2) is 18.2 Å². The van der Waals surface area contributed by atoms with Crippen LogP contribution in [-0.2, 0) is 6.42 Å². The molecule has 1 rings (SSSR count). The van der Waals surface area contributed by atoms with Crippen LogP contribution < -0.4 is 5.73 Å². The van der Waals surface area contributed by atoms with E-state index in [9.17, 15) is 10.1 Å². The Balaban J connectivity index is 2.81. The molecule has 0 bridgehead atoms. The van der Waals surface area contributed by atoms with Crippen LogP contribution in [0, 0.1) is 17.0 Å². The van der Waals surface area contributed by atoms with Crippen LogP contribution >= 0.6 is 0 Å². The number of rotatable bonds is 5. The predicted molar refractivity (Wildman–Crippen MR) is 64.4 cm³/mol. The van der Waals surface area contributed by atoms with Crippen molar-refractivity contribution in [3.05, 3.63) is 39.4 Å². The van der Waals surface area contributed by atoms with Gasteiger partial charge >= 0.3 is 0 Å². The van der Waals surface area contributed by atoms with Crippen LogP contribution in [0.2, 0.25) is 0 Å². The average Bonchev–Trinajstić information content (AvgIpc) is 2.26. The fourth-order valence-corrected chi connectivity index (χ4v) is 1.68. The number of hydrogen-bond acceptors (Lipinski definition) is 3. The molecule has 0 saturated heterocycles. The van der Waals surface area contributed by atoms with Gasteiger partial charge in [-0.2, -0.15) is 0 Å². The smallest absolute Gasteiger partial charge is 0.272 e. The molecule has 0 spiro atoms. The number of nitrogens with zero attached hydrogens (tertiary/aromatic N) is 1. The molecule has 1 aromatic carbocycles. The standard InChI is InChI=1S/C12H18N2O2/c1-3-11(13)8-7-10-5-4-6-12(9(10)2)14(15)16/h4-6,11H,3,7-8,13H2,1-2H3. The number of aryl methyl sites for hydroxylation is 1. The number of hydrogen-bond donors (Lipinski definition) is 1. The Bertz CT molecular complexity index is 377. The molecule has 1 unspecified atom stereocenters. The third kappa shape index (κ3) is 3.03. The van der Waals surface area contributed by atoms with Gasteiger partial charge in [0.1, 0.15) is 0 Å². The van der Waals surface area contributed by atoms with Gasteiger partial charge in [-0.05, 0) is 31.7 Å². The number of nitro groups is 1. The van der Waals surface area contributed by atoms with Gasteiger partial charge in [0.05, 0.1) is 4.92 Å².